The molecular weight excluding hydrogens is 274 g/mol. The molecule has 0 saturated carbocycles. The van der Waals surface area contributed by atoms with Gasteiger partial charge < -0.3 is 14.2 Å². The number of rotatable bonds is 4. The maximum absolute atomic E-state index is 6.02. The Bertz CT molecular complexity index is 729. The number of hydrogen-bond acceptors (Lipinski definition) is 3. The van der Waals surface area contributed by atoms with Gasteiger partial charge in [0.2, 0.25) is 0 Å². The van der Waals surface area contributed by atoms with Gasteiger partial charge in [-0.25, -0.2) is 0 Å². The van der Waals surface area contributed by atoms with Crippen LogP contribution in [0.3, 0.4) is 0 Å². The second-order valence-corrected chi connectivity index (χ2v) is 5.23. The van der Waals surface area contributed by atoms with Crippen molar-refractivity contribution in [1.29, 1.82) is 0 Å². The van der Waals surface area contributed by atoms with E-state index >= 15 is 0 Å². The standard InChI is InChI=1S/C16H16ClNO2/c1-3-18-15(16-10(2)6-7-19-16)14-9-11-8-12(17)4-5-13(11)20-14/h4-9,15,18H,3H2,1-2H3. The zero-order chi connectivity index (χ0) is 14.1. The van der Waals surface area contributed by atoms with E-state index in [1.54, 1.807) is 6.26 Å². The van der Waals surface area contributed by atoms with Crippen molar-refractivity contribution in [3.8, 4) is 0 Å². The van der Waals surface area contributed by atoms with Crippen molar-refractivity contribution < 1.29 is 8.83 Å². The molecule has 4 heteroatoms. The summed E-state index contributed by atoms with van der Waals surface area (Å²) in [6.45, 7) is 4.91. The Kier molecular flexibility index (Phi) is 3.55. The summed E-state index contributed by atoms with van der Waals surface area (Å²) >= 11 is 6.02. The van der Waals surface area contributed by atoms with Crippen molar-refractivity contribution in [2.75, 3.05) is 6.54 Å². The van der Waals surface area contributed by atoms with Gasteiger partial charge in [-0.1, -0.05) is 18.5 Å². The van der Waals surface area contributed by atoms with Gasteiger partial charge in [-0.2, -0.15) is 0 Å². The number of fused-ring (bicyclic) bond motifs is 1. The molecule has 0 spiro atoms. The highest BCUT2D eigenvalue weighted by atomic mass is 35.5. The molecule has 0 bridgehead atoms. The monoisotopic (exact) mass is 289 g/mol. The van der Waals surface area contributed by atoms with Crippen LogP contribution in [0.15, 0.2) is 45.4 Å². The third-order valence-electron chi connectivity index (χ3n) is 3.35. The summed E-state index contributed by atoms with van der Waals surface area (Å²) in [6, 6.07) is 9.51. The first kappa shape index (κ1) is 13.3. The number of furan rings is 2. The first-order chi connectivity index (χ1) is 9.69. The Morgan fingerprint density at radius 2 is 2.10 bits per heavy atom. The quantitative estimate of drug-likeness (QED) is 0.757. The smallest absolute Gasteiger partial charge is 0.134 e. The molecule has 0 saturated heterocycles. The van der Waals surface area contributed by atoms with Crippen molar-refractivity contribution in [3.63, 3.8) is 0 Å². The molecule has 0 fully saturated rings. The van der Waals surface area contributed by atoms with Gasteiger partial charge in [0.05, 0.1) is 6.26 Å². The minimum Gasteiger partial charge on any atom is -0.467 e. The van der Waals surface area contributed by atoms with Crippen LogP contribution in [0, 0.1) is 6.92 Å². The average Bonchev–Trinajstić information content (AvgIpc) is 3.01. The molecule has 0 amide bonds. The van der Waals surface area contributed by atoms with Gasteiger partial charge in [0.1, 0.15) is 23.1 Å². The third kappa shape index (κ3) is 2.35. The fourth-order valence-electron chi connectivity index (χ4n) is 2.38. The molecule has 3 aromatic rings. The molecule has 1 aromatic carbocycles. The van der Waals surface area contributed by atoms with E-state index in [4.69, 9.17) is 20.4 Å². The van der Waals surface area contributed by atoms with Crippen LogP contribution in [-0.2, 0) is 0 Å². The molecule has 1 unspecified atom stereocenters. The molecule has 0 aliphatic carbocycles. The van der Waals surface area contributed by atoms with Gasteiger partial charge in [0.25, 0.3) is 0 Å². The van der Waals surface area contributed by atoms with Crippen molar-refractivity contribution in [3.05, 3.63) is 58.7 Å². The van der Waals surface area contributed by atoms with Crippen LogP contribution < -0.4 is 5.32 Å². The molecule has 104 valence electrons. The first-order valence-corrected chi connectivity index (χ1v) is 7.03. The zero-order valence-corrected chi connectivity index (χ0v) is 12.2. The summed E-state index contributed by atoms with van der Waals surface area (Å²) in [7, 11) is 0. The van der Waals surface area contributed by atoms with Crippen LogP contribution >= 0.6 is 11.6 Å². The summed E-state index contributed by atoms with van der Waals surface area (Å²) in [6.07, 6.45) is 1.70. The molecule has 1 atom stereocenters. The Balaban J connectivity index is 2.07. The number of benzene rings is 1. The minimum atomic E-state index is -0.0822. The number of aryl methyl sites for hydroxylation is 1. The number of nitrogens with one attached hydrogen (secondary N) is 1. The average molecular weight is 290 g/mol. The molecule has 2 heterocycles. The van der Waals surface area contributed by atoms with E-state index in [9.17, 15) is 0 Å². The highest BCUT2D eigenvalue weighted by Crippen LogP contribution is 2.31. The van der Waals surface area contributed by atoms with Crippen LogP contribution in [0.25, 0.3) is 11.0 Å². The molecule has 3 rings (SSSR count). The van der Waals surface area contributed by atoms with Gasteiger partial charge in [-0.3, -0.25) is 0 Å². The van der Waals surface area contributed by atoms with E-state index in [0.717, 1.165) is 34.6 Å². The largest absolute Gasteiger partial charge is 0.467 e. The maximum Gasteiger partial charge on any atom is 0.134 e. The van der Waals surface area contributed by atoms with Crippen LogP contribution in [0.2, 0.25) is 5.02 Å². The molecule has 3 nitrogen and oxygen atoms in total. The fraction of sp³-hybridized carbons (Fsp3) is 0.250. The maximum atomic E-state index is 6.02. The SMILES string of the molecule is CCNC(c1cc2cc(Cl)ccc2o1)c1occc1C. The van der Waals surface area contributed by atoms with E-state index < -0.39 is 0 Å². The Morgan fingerprint density at radius 3 is 2.80 bits per heavy atom. The lowest BCUT2D eigenvalue weighted by atomic mass is 10.1. The fourth-order valence-corrected chi connectivity index (χ4v) is 2.56. The van der Waals surface area contributed by atoms with Crippen LogP contribution in [0.4, 0.5) is 0 Å². The molecule has 20 heavy (non-hydrogen) atoms. The summed E-state index contributed by atoms with van der Waals surface area (Å²) in [5.41, 5.74) is 1.94. The first-order valence-electron chi connectivity index (χ1n) is 6.65. The van der Waals surface area contributed by atoms with Gasteiger partial charge in [0.15, 0.2) is 0 Å². The molecule has 0 radical (unpaired) electrons. The van der Waals surface area contributed by atoms with Crippen molar-refractivity contribution >= 4 is 22.6 Å². The summed E-state index contributed by atoms with van der Waals surface area (Å²) in [4.78, 5) is 0. The topological polar surface area (TPSA) is 38.3 Å². The number of hydrogen-bond donors (Lipinski definition) is 1. The number of halogens is 1. The molecule has 2 aromatic heterocycles. The van der Waals surface area contributed by atoms with Gasteiger partial charge in [0, 0.05) is 10.4 Å². The lowest BCUT2D eigenvalue weighted by molar-refractivity contribution is 0.402. The van der Waals surface area contributed by atoms with Crippen molar-refractivity contribution in [2.45, 2.75) is 19.9 Å². The molecule has 1 N–H and O–H groups in total. The lowest BCUT2D eigenvalue weighted by Crippen LogP contribution is -2.21. The normalized spacial score (nSPS) is 12.9. The summed E-state index contributed by atoms with van der Waals surface area (Å²) in [5.74, 6) is 1.72. The van der Waals surface area contributed by atoms with Crippen molar-refractivity contribution in [1.82, 2.24) is 5.32 Å². The highest BCUT2D eigenvalue weighted by Gasteiger charge is 2.22. The summed E-state index contributed by atoms with van der Waals surface area (Å²) in [5, 5.41) is 5.10. The van der Waals surface area contributed by atoms with Gasteiger partial charge in [-0.15, -0.1) is 0 Å². The van der Waals surface area contributed by atoms with E-state index in [-0.39, 0.29) is 6.04 Å². The Morgan fingerprint density at radius 1 is 1.25 bits per heavy atom. The van der Waals surface area contributed by atoms with Crippen molar-refractivity contribution in [2.24, 2.45) is 0 Å². The highest BCUT2D eigenvalue weighted by molar-refractivity contribution is 6.31. The van der Waals surface area contributed by atoms with Gasteiger partial charge >= 0.3 is 0 Å². The molecule has 0 aliphatic rings. The van der Waals surface area contributed by atoms with E-state index in [2.05, 4.69) is 12.2 Å². The van der Waals surface area contributed by atoms with Crippen LogP contribution in [0.5, 0.6) is 0 Å². The second kappa shape index (κ2) is 5.35. The van der Waals surface area contributed by atoms with Crippen LogP contribution in [0.1, 0.15) is 30.0 Å². The van der Waals surface area contributed by atoms with E-state index in [0.29, 0.717) is 5.02 Å². The van der Waals surface area contributed by atoms with Gasteiger partial charge in [-0.05, 0) is 49.4 Å². The van der Waals surface area contributed by atoms with E-state index in [1.807, 2.05) is 37.3 Å². The Labute approximate surface area is 122 Å². The minimum absolute atomic E-state index is 0.0822. The lowest BCUT2D eigenvalue weighted by Gasteiger charge is -2.13. The Hall–Kier alpha value is -1.71. The zero-order valence-electron chi connectivity index (χ0n) is 11.4. The second-order valence-electron chi connectivity index (χ2n) is 4.79. The van der Waals surface area contributed by atoms with E-state index in [1.165, 1.54) is 0 Å². The predicted octanol–water partition coefficient (Wildman–Crippen LogP) is 4.69. The predicted molar refractivity (Wildman–Crippen MR) is 80.2 cm³/mol. The summed E-state index contributed by atoms with van der Waals surface area (Å²) < 4.78 is 11.5. The molecule has 0 aliphatic heterocycles. The third-order valence-corrected chi connectivity index (χ3v) is 3.59. The van der Waals surface area contributed by atoms with Crippen LogP contribution in [-0.4, -0.2) is 6.54 Å². The molecular formula is C16H16ClNO2.